The molecule has 1 aliphatic rings. The number of carbonyl (C=O) groups excluding carboxylic acids is 1. The summed E-state index contributed by atoms with van der Waals surface area (Å²) in [4.78, 5) is 18.6. The standard InChI is InChI=1S/C16H14ClN3O/c1-18-15-10-20(16(21)11-5-3-2-4-6-11)14-9-12(17)7-8-13(14)19-15/h2-9H,10H2,1H3,(H,18,19). The van der Waals surface area contributed by atoms with Crippen LogP contribution in [0.4, 0.5) is 11.4 Å². The van der Waals surface area contributed by atoms with Gasteiger partial charge in [0.2, 0.25) is 0 Å². The summed E-state index contributed by atoms with van der Waals surface area (Å²) in [6, 6.07) is 14.6. The molecule has 1 N–H and O–H groups in total. The molecule has 106 valence electrons. The summed E-state index contributed by atoms with van der Waals surface area (Å²) in [5, 5.41) is 3.80. The highest BCUT2D eigenvalue weighted by Crippen LogP contribution is 2.33. The lowest BCUT2D eigenvalue weighted by atomic mass is 10.1. The maximum Gasteiger partial charge on any atom is 0.258 e. The summed E-state index contributed by atoms with van der Waals surface area (Å²) in [5.74, 6) is 0.677. The van der Waals surface area contributed by atoms with E-state index in [1.165, 1.54) is 0 Å². The molecule has 0 saturated carbocycles. The Bertz CT molecular complexity index is 713. The maximum absolute atomic E-state index is 12.7. The molecule has 0 saturated heterocycles. The van der Waals surface area contributed by atoms with E-state index in [9.17, 15) is 4.79 Å². The van der Waals surface area contributed by atoms with Crippen LogP contribution in [0.5, 0.6) is 0 Å². The number of nitrogens with zero attached hydrogens (tertiary/aromatic N) is 2. The third-order valence-electron chi connectivity index (χ3n) is 3.37. The van der Waals surface area contributed by atoms with Crippen LogP contribution in [0.25, 0.3) is 0 Å². The normalized spacial score (nSPS) is 15.5. The minimum Gasteiger partial charge on any atom is -0.341 e. The molecule has 0 bridgehead atoms. The van der Waals surface area contributed by atoms with Crippen molar-refractivity contribution < 1.29 is 4.79 Å². The summed E-state index contributed by atoms with van der Waals surface area (Å²) in [6.07, 6.45) is 0. The van der Waals surface area contributed by atoms with E-state index in [0.717, 1.165) is 17.2 Å². The fraction of sp³-hybridized carbons (Fsp3) is 0.125. The van der Waals surface area contributed by atoms with Crippen LogP contribution in [0.2, 0.25) is 5.02 Å². The minimum atomic E-state index is -0.0678. The molecule has 0 aliphatic carbocycles. The first-order valence-corrected chi connectivity index (χ1v) is 6.96. The molecule has 0 atom stereocenters. The average Bonchev–Trinajstić information content (AvgIpc) is 2.54. The maximum atomic E-state index is 12.7. The predicted molar refractivity (Wildman–Crippen MR) is 86.6 cm³/mol. The van der Waals surface area contributed by atoms with Gasteiger partial charge in [-0.05, 0) is 30.3 Å². The van der Waals surface area contributed by atoms with E-state index in [4.69, 9.17) is 11.6 Å². The Balaban J connectivity index is 2.06. The molecule has 1 heterocycles. The Labute approximate surface area is 128 Å². The molecular weight excluding hydrogens is 286 g/mol. The Kier molecular flexibility index (Phi) is 3.62. The van der Waals surface area contributed by atoms with Gasteiger partial charge in [0.25, 0.3) is 5.91 Å². The molecule has 0 aromatic heterocycles. The summed E-state index contributed by atoms with van der Waals surface area (Å²) >= 11 is 6.07. The third-order valence-corrected chi connectivity index (χ3v) is 3.61. The Hall–Kier alpha value is -2.33. The molecule has 0 spiro atoms. The zero-order valence-electron chi connectivity index (χ0n) is 11.5. The van der Waals surface area contributed by atoms with Crippen molar-refractivity contribution in [2.45, 2.75) is 0 Å². The Morgan fingerprint density at radius 1 is 1.24 bits per heavy atom. The van der Waals surface area contributed by atoms with E-state index in [1.54, 1.807) is 36.2 Å². The first-order chi connectivity index (χ1) is 10.2. The summed E-state index contributed by atoms with van der Waals surface area (Å²) < 4.78 is 0. The van der Waals surface area contributed by atoms with Gasteiger partial charge in [-0.2, -0.15) is 0 Å². The van der Waals surface area contributed by atoms with Gasteiger partial charge in [-0.25, -0.2) is 0 Å². The van der Waals surface area contributed by atoms with Gasteiger partial charge in [0.05, 0.1) is 17.9 Å². The highest BCUT2D eigenvalue weighted by atomic mass is 35.5. The molecule has 1 amide bonds. The van der Waals surface area contributed by atoms with Gasteiger partial charge in [0, 0.05) is 17.6 Å². The molecule has 21 heavy (non-hydrogen) atoms. The summed E-state index contributed by atoms with van der Waals surface area (Å²) in [5.41, 5.74) is 2.24. The van der Waals surface area contributed by atoms with Crippen LogP contribution in [-0.4, -0.2) is 25.3 Å². The lowest BCUT2D eigenvalue weighted by Crippen LogP contribution is -2.42. The molecule has 0 unspecified atom stereocenters. The first kappa shape index (κ1) is 13.6. The smallest absolute Gasteiger partial charge is 0.258 e. The van der Waals surface area contributed by atoms with Crippen LogP contribution < -0.4 is 10.2 Å². The van der Waals surface area contributed by atoms with Gasteiger partial charge in [-0.1, -0.05) is 29.8 Å². The fourth-order valence-corrected chi connectivity index (χ4v) is 2.47. The van der Waals surface area contributed by atoms with Gasteiger partial charge in [0.1, 0.15) is 5.84 Å². The van der Waals surface area contributed by atoms with Crippen LogP contribution in [0.15, 0.2) is 53.5 Å². The van der Waals surface area contributed by atoms with E-state index in [-0.39, 0.29) is 5.91 Å². The number of hydrogen-bond donors (Lipinski definition) is 1. The molecule has 4 nitrogen and oxygen atoms in total. The zero-order valence-corrected chi connectivity index (χ0v) is 12.3. The monoisotopic (exact) mass is 299 g/mol. The number of carbonyl (C=O) groups is 1. The van der Waals surface area contributed by atoms with Crippen molar-refractivity contribution in [1.29, 1.82) is 0 Å². The number of halogens is 1. The van der Waals surface area contributed by atoms with Gasteiger partial charge in [-0.3, -0.25) is 14.7 Å². The van der Waals surface area contributed by atoms with Crippen LogP contribution >= 0.6 is 11.6 Å². The highest BCUT2D eigenvalue weighted by Gasteiger charge is 2.26. The van der Waals surface area contributed by atoms with Crippen molar-refractivity contribution in [1.82, 2.24) is 0 Å². The number of amides is 1. The second kappa shape index (κ2) is 5.58. The molecule has 0 fully saturated rings. The highest BCUT2D eigenvalue weighted by molar-refractivity contribution is 6.31. The molecule has 5 heteroatoms. The van der Waals surface area contributed by atoms with E-state index >= 15 is 0 Å². The van der Waals surface area contributed by atoms with Crippen molar-refractivity contribution >= 4 is 34.7 Å². The van der Waals surface area contributed by atoms with Crippen molar-refractivity contribution in [3.63, 3.8) is 0 Å². The number of benzene rings is 2. The molecule has 2 aromatic rings. The SMILES string of the molecule is CN=C1CN(C(=O)c2ccccc2)c2cc(Cl)ccc2N1. The van der Waals surface area contributed by atoms with E-state index in [0.29, 0.717) is 17.1 Å². The van der Waals surface area contributed by atoms with Gasteiger partial charge < -0.3 is 5.32 Å². The van der Waals surface area contributed by atoms with Crippen LogP contribution in [0.1, 0.15) is 10.4 Å². The number of amidine groups is 1. The zero-order chi connectivity index (χ0) is 14.8. The molecule has 2 aromatic carbocycles. The summed E-state index contributed by atoms with van der Waals surface area (Å²) in [6.45, 7) is 0.400. The Morgan fingerprint density at radius 3 is 2.71 bits per heavy atom. The number of aliphatic imine (C=N–C) groups is 1. The van der Waals surface area contributed by atoms with Crippen molar-refractivity contribution in [2.75, 3.05) is 23.8 Å². The number of hydrogen-bond acceptors (Lipinski definition) is 2. The van der Waals surface area contributed by atoms with E-state index < -0.39 is 0 Å². The second-order valence-corrected chi connectivity index (χ2v) is 5.15. The van der Waals surface area contributed by atoms with Gasteiger partial charge in [-0.15, -0.1) is 0 Å². The minimum absolute atomic E-state index is 0.0678. The number of rotatable bonds is 1. The van der Waals surface area contributed by atoms with Crippen molar-refractivity contribution in [2.24, 2.45) is 4.99 Å². The van der Waals surface area contributed by atoms with Gasteiger partial charge in [0.15, 0.2) is 0 Å². The van der Waals surface area contributed by atoms with Crippen LogP contribution in [0, 0.1) is 0 Å². The topological polar surface area (TPSA) is 44.7 Å². The van der Waals surface area contributed by atoms with Crippen molar-refractivity contribution in [3.8, 4) is 0 Å². The molecule has 0 radical (unpaired) electrons. The average molecular weight is 300 g/mol. The molecule has 3 rings (SSSR count). The lowest BCUT2D eigenvalue weighted by Gasteiger charge is -2.31. The van der Waals surface area contributed by atoms with Crippen LogP contribution in [0.3, 0.4) is 0 Å². The Morgan fingerprint density at radius 2 is 2.00 bits per heavy atom. The lowest BCUT2D eigenvalue weighted by molar-refractivity contribution is 0.0990. The number of nitrogens with one attached hydrogen (secondary N) is 1. The van der Waals surface area contributed by atoms with E-state index in [1.807, 2.05) is 24.3 Å². The third kappa shape index (κ3) is 2.62. The quantitative estimate of drug-likeness (QED) is 0.876. The largest absolute Gasteiger partial charge is 0.341 e. The number of fused-ring (bicyclic) bond motifs is 1. The molecular formula is C16H14ClN3O. The van der Waals surface area contributed by atoms with E-state index in [2.05, 4.69) is 10.3 Å². The fourth-order valence-electron chi connectivity index (χ4n) is 2.31. The molecule has 1 aliphatic heterocycles. The van der Waals surface area contributed by atoms with Crippen molar-refractivity contribution in [3.05, 3.63) is 59.1 Å². The number of anilines is 2. The predicted octanol–water partition coefficient (Wildman–Crippen LogP) is 3.44. The van der Waals surface area contributed by atoms with Crippen LogP contribution in [-0.2, 0) is 0 Å². The van der Waals surface area contributed by atoms with Gasteiger partial charge >= 0.3 is 0 Å². The summed E-state index contributed by atoms with van der Waals surface area (Å²) in [7, 11) is 1.70. The second-order valence-electron chi connectivity index (χ2n) is 4.71. The first-order valence-electron chi connectivity index (χ1n) is 6.58.